The molecule has 8 heterocycles. The van der Waals surface area contributed by atoms with Crippen molar-refractivity contribution in [2.45, 2.75) is 0 Å². The summed E-state index contributed by atoms with van der Waals surface area (Å²) in [4.78, 5) is 44.7. The van der Waals surface area contributed by atoms with Crippen LogP contribution in [0.2, 0.25) is 0 Å². The molecule has 0 atom stereocenters. The first kappa shape index (κ1) is 61.2. The second kappa shape index (κ2) is 25.7. The average Bonchev–Trinajstić information content (AvgIpc) is 1.55. The van der Waals surface area contributed by atoms with Crippen LogP contribution >= 0.6 is 0 Å². The Morgan fingerprint density at radius 2 is 0.481 bits per heavy atom. The summed E-state index contributed by atoms with van der Waals surface area (Å²) in [6, 6.07) is 117. The van der Waals surface area contributed by atoms with E-state index in [1.54, 1.807) is 0 Å². The number of fused-ring (bicyclic) bond motifs is 14. The summed E-state index contributed by atoms with van der Waals surface area (Å²) < 4.78 is 9.20. The summed E-state index contributed by atoms with van der Waals surface area (Å²) in [7, 11) is 0. The summed E-state index contributed by atoms with van der Waals surface area (Å²) in [5.41, 5.74) is 18.6. The van der Waals surface area contributed by atoms with Gasteiger partial charge in [0, 0.05) is 101 Å². The summed E-state index contributed by atoms with van der Waals surface area (Å²) >= 11 is 0. The highest BCUT2D eigenvalue weighted by molar-refractivity contribution is 6.27. The monoisotopic (exact) mass is 1360 g/mol. The van der Waals surface area contributed by atoms with Gasteiger partial charge < -0.3 is 9.13 Å². The van der Waals surface area contributed by atoms with Crippen molar-refractivity contribution in [2.24, 2.45) is 0 Å². The second-order valence-electron chi connectivity index (χ2n) is 26.1. The highest BCUT2D eigenvalue weighted by Gasteiger charge is 2.25. The lowest BCUT2D eigenvalue weighted by atomic mass is 10.0. The van der Waals surface area contributed by atoms with Crippen LogP contribution in [0.25, 0.3) is 190 Å². The third-order valence-corrected chi connectivity index (χ3v) is 19.9. The average molecular weight is 1360 g/mol. The molecule has 0 aliphatic heterocycles. The van der Waals surface area contributed by atoms with Crippen molar-refractivity contribution in [2.75, 3.05) is 0 Å². The highest BCUT2D eigenvalue weighted by atomic mass is 15.2. The Kier molecular flexibility index (Phi) is 14.9. The molecule has 0 bridgehead atoms. The van der Waals surface area contributed by atoms with Gasteiger partial charge in [-0.05, 0) is 83.9 Å². The number of nitrogens with zero attached hydrogens (tertiary/aromatic N) is 13. The lowest BCUT2D eigenvalue weighted by Crippen LogP contribution is -2.03. The van der Waals surface area contributed by atoms with Gasteiger partial charge in [-0.2, -0.15) is 0 Å². The van der Waals surface area contributed by atoms with Crippen LogP contribution < -0.4 is 0 Å². The van der Waals surface area contributed by atoms with E-state index in [1.165, 1.54) is 26.9 Å². The highest BCUT2D eigenvalue weighted by Crippen LogP contribution is 2.44. The fourth-order valence-electron chi connectivity index (χ4n) is 15.1. The molecule has 8 aromatic heterocycles. The van der Waals surface area contributed by atoms with Crippen molar-refractivity contribution in [1.29, 1.82) is 0 Å². The molecule has 0 saturated carbocycles. The Morgan fingerprint density at radius 1 is 0.179 bits per heavy atom. The molecule has 21 aromatic rings. The topological polar surface area (TPSA) is 136 Å². The molecule has 0 saturated heterocycles. The SMILES string of the molecule is c1ccc(-c2ccc(-c3nc(-c4ccccc4)nc(-c4ccc(-n5c6ccccc6c6ccc7c(c8ccccc8n7-c7ccccc7)c65)nc4)n3)cc2)cc1.c1ccc(-c2nc(-c3ccccc3)nc(-c3cnc(-n4c5ccccc5c5ccc6c(c7ccccc7n6-c6ccccc6)c54)nc3)n2)cc1. The Bertz CT molecular complexity index is 6830. The molecule has 13 aromatic carbocycles. The molecular formula is C93H59N13. The number of hydrogen-bond acceptors (Lipinski definition) is 9. The zero-order chi connectivity index (χ0) is 70.0. The predicted octanol–water partition coefficient (Wildman–Crippen LogP) is 22.0. The maximum Gasteiger partial charge on any atom is 0.234 e. The van der Waals surface area contributed by atoms with Gasteiger partial charge in [0.1, 0.15) is 5.82 Å². The van der Waals surface area contributed by atoms with Crippen molar-refractivity contribution in [3.63, 3.8) is 0 Å². The fourth-order valence-corrected chi connectivity index (χ4v) is 15.1. The van der Waals surface area contributed by atoms with Crippen molar-refractivity contribution < 1.29 is 0 Å². The van der Waals surface area contributed by atoms with E-state index in [9.17, 15) is 0 Å². The van der Waals surface area contributed by atoms with Gasteiger partial charge in [-0.1, -0.05) is 267 Å². The van der Waals surface area contributed by atoms with Gasteiger partial charge >= 0.3 is 0 Å². The minimum atomic E-state index is 0.514. The third kappa shape index (κ3) is 10.5. The standard InChI is InChI=1S/C50H32N6.C43H27N7/c1-4-14-33(15-5-1)34-24-26-36(27-25-34)49-52-48(35-16-6-2-7-17-35)53-50(54-49)37-28-31-45(51-32-37)56-42-22-12-10-20-39(42)40-29-30-44-46(47(40)56)41-21-11-13-23-43(41)55(44)38-18-8-3-9-19-38;1-4-14-28(15-5-1)40-46-41(29-16-6-2-7-17-29)48-42(47-40)30-26-44-43(45-27-30)50-35-22-12-10-20-32(35)33-24-25-37-38(39(33)50)34-21-11-13-23-36(34)49(37)31-18-8-3-9-19-31/h1-32H;1-27H. The number of benzene rings is 13. The number of para-hydroxylation sites is 6. The summed E-state index contributed by atoms with van der Waals surface area (Å²) in [6.45, 7) is 0. The zero-order valence-electron chi connectivity index (χ0n) is 56.9. The van der Waals surface area contributed by atoms with Crippen LogP contribution in [-0.2, 0) is 0 Å². The molecule has 0 aliphatic rings. The van der Waals surface area contributed by atoms with Gasteiger partial charge in [-0.25, -0.2) is 44.9 Å². The minimum Gasteiger partial charge on any atom is -0.309 e. The van der Waals surface area contributed by atoms with Crippen LogP contribution in [0, 0.1) is 0 Å². The van der Waals surface area contributed by atoms with Crippen molar-refractivity contribution >= 4 is 87.2 Å². The molecule has 0 aliphatic carbocycles. The summed E-state index contributed by atoms with van der Waals surface area (Å²) in [5.74, 6) is 4.88. The van der Waals surface area contributed by atoms with Crippen molar-refractivity contribution in [1.82, 2.24) is 63.1 Å². The van der Waals surface area contributed by atoms with E-state index in [0.717, 1.165) is 116 Å². The zero-order valence-corrected chi connectivity index (χ0v) is 56.9. The van der Waals surface area contributed by atoms with Gasteiger partial charge in [-0.15, -0.1) is 0 Å². The van der Waals surface area contributed by atoms with Crippen LogP contribution in [0.4, 0.5) is 0 Å². The molecular weight excluding hydrogens is 1300 g/mol. The van der Waals surface area contributed by atoms with Crippen molar-refractivity contribution in [3.05, 3.63) is 358 Å². The minimum absolute atomic E-state index is 0.514. The van der Waals surface area contributed by atoms with Gasteiger partial charge in [0.2, 0.25) is 5.95 Å². The number of rotatable bonds is 11. The molecule has 106 heavy (non-hydrogen) atoms. The molecule has 0 spiro atoms. The Hall–Kier alpha value is -14.7. The third-order valence-electron chi connectivity index (χ3n) is 19.9. The maximum atomic E-state index is 5.16. The van der Waals surface area contributed by atoms with Gasteiger partial charge in [-0.3, -0.25) is 9.13 Å². The van der Waals surface area contributed by atoms with Crippen LogP contribution in [0.15, 0.2) is 358 Å². The molecule has 21 rings (SSSR count). The van der Waals surface area contributed by atoms with Crippen LogP contribution in [0.5, 0.6) is 0 Å². The Balaban J connectivity index is 0.000000141. The maximum absolute atomic E-state index is 5.16. The van der Waals surface area contributed by atoms with Crippen LogP contribution in [-0.4, -0.2) is 63.1 Å². The quantitative estimate of drug-likeness (QED) is 0.124. The largest absolute Gasteiger partial charge is 0.309 e. The lowest BCUT2D eigenvalue weighted by Gasteiger charge is -2.11. The van der Waals surface area contributed by atoms with Crippen LogP contribution in [0.3, 0.4) is 0 Å². The molecule has 0 fully saturated rings. The normalized spacial score (nSPS) is 11.6. The molecule has 0 N–H and O–H groups in total. The van der Waals surface area contributed by atoms with Gasteiger partial charge in [0.05, 0.1) is 49.7 Å². The lowest BCUT2D eigenvalue weighted by molar-refractivity contribution is 0.984. The molecule has 0 unspecified atom stereocenters. The van der Waals surface area contributed by atoms with E-state index >= 15 is 0 Å². The van der Waals surface area contributed by atoms with Gasteiger partial charge in [0.25, 0.3) is 0 Å². The number of aromatic nitrogens is 13. The molecule has 13 nitrogen and oxygen atoms in total. The van der Waals surface area contributed by atoms with E-state index in [1.807, 2.05) is 116 Å². The van der Waals surface area contributed by atoms with Crippen molar-refractivity contribution in [3.8, 4) is 103 Å². The van der Waals surface area contributed by atoms with E-state index in [2.05, 4.69) is 261 Å². The van der Waals surface area contributed by atoms with Crippen LogP contribution in [0.1, 0.15) is 0 Å². The summed E-state index contributed by atoms with van der Waals surface area (Å²) in [5, 5.41) is 9.37. The first-order chi connectivity index (χ1) is 52.6. The molecule has 0 radical (unpaired) electrons. The first-order valence-corrected chi connectivity index (χ1v) is 35.3. The predicted molar refractivity (Wildman–Crippen MR) is 428 cm³/mol. The van der Waals surface area contributed by atoms with E-state index < -0.39 is 0 Å². The molecule has 13 heteroatoms. The first-order valence-electron chi connectivity index (χ1n) is 35.3. The molecule has 0 amide bonds. The second-order valence-corrected chi connectivity index (χ2v) is 26.1. The van der Waals surface area contributed by atoms with Gasteiger partial charge in [0.15, 0.2) is 34.9 Å². The number of pyridine rings is 1. The smallest absolute Gasteiger partial charge is 0.234 e. The number of hydrogen-bond donors (Lipinski definition) is 0. The summed E-state index contributed by atoms with van der Waals surface area (Å²) in [6.07, 6.45) is 5.51. The Labute approximate surface area is 607 Å². The Morgan fingerprint density at radius 3 is 0.906 bits per heavy atom. The van der Waals surface area contributed by atoms with E-state index in [4.69, 9.17) is 44.9 Å². The molecule has 496 valence electrons. The fraction of sp³-hybridized carbons (Fsp3) is 0. The van der Waals surface area contributed by atoms with E-state index in [-0.39, 0.29) is 0 Å². The van der Waals surface area contributed by atoms with E-state index in [0.29, 0.717) is 46.5 Å².